The van der Waals surface area contributed by atoms with Crippen LogP contribution in [-0.4, -0.2) is 31.5 Å². The molecule has 0 spiro atoms. The number of ether oxygens (including phenoxy) is 3. The summed E-state index contributed by atoms with van der Waals surface area (Å²) in [6, 6.07) is 7.63. The summed E-state index contributed by atoms with van der Waals surface area (Å²) in [5.74, 6) is 1.32. The maximum Gasteiger partial charge on any atom is 0.161 e. The van der Waals surface area contributed by atoms with Crippen molar-refractivity contribution in [1.29, 1.82) is 5.26 Å². The molecule has 1 saturated heterocycles. The molecule has 0 bridgehead atoms. The SMILES string of the molecule is N#CC1(C(O)c2ccc3c(c2)OCCCO3)CCCOC1. The van der Waals surface area contributed by atoms with E-state index in [1.165, 1.54) is 0 Å². The average Bonchev–Trinajstić information content (AvgIpc) is 2.79. The van der Waals surface area contributed by atoms with Crippen molar-refractivity contribution in [3.63, 3.8) is 0 Å². The number of hydrogen-bond acceptors (Lipinski definition) is 5. The first-order valence-corrected chi connectivity index (χ1v) is 7.32. The summed E-state index contributed by atoms with van der Waals surface area (Å²) in [5.41, 5.74) is -0.204. The number of aliphatic hydroxyl groups is 1. The van der Waals surface area contributed by atoms with Crippen molar-refractivity contribution in [3.8, 4) is 17.6 Å². The second kappa shape index (κ2) is 5.92. The van der Waals surface area contributed by atoms with Crippen LogP contribution in [0.4, 0.5) is 0 Å². The minimum atomic E-state index is -0.889. The van der Waals surface area contributed by atoms with Crippen LogP contribution in [0.1, 0.15) is 30.9 Å². The fourth-order valence-electron chi connectivity index (χ4n) is 2.85. The fourth-order valence-corrected chi connectivity index (χ4v) is 2.85. The average molecular weight is 289 g/mol. The summed E-state index contributed by atoms with van der Waals surface area (Å²) in [6.07, 6.45) is 1.37. The Morgan fingerprint density at radius 2 is 1.95 bits per heavy atom. The lowest BCUT2D eigenvalue weighted by Crippen LogP contribution is -2.36. The fraction of sp³-hybridized carbons (Fsp3) is 0.562. The summed E-state index contributed by atoms with van der Waals surface area (Å²) >= 11 is 0. The van der Waals surface area contributed by atoms with Crippen LogP contribution in [0.25, 0.3) is 0 Å². The van der Waals surface area contributed by atoms with Gasteiger partial charge in [-0.05, 0) is 30.5 Å². The molecule has 0 amide bonds. The van der Waals surface area contributed by atoms with Gasteiger partial charge in [0.05, 0.1) is 32.0 Å². The molecule has 3 rings (SSSR count). The van der Waals surface area contributed by atoms with E-state index in [1.807, 2.05) is 0 Å². The van der Waals surface area contributed by atoms with E-state index in [0.717, 1.165) is 12.8 Å². The Morgan fingerprint density at radius 1 is 1.14 bits per heavy atom. The van der Waals surface area contributed by atoms with Gasteiger partial charge >= 0.3 is 0 Å². The predicted molar refractivity (Wildman–Crippen MR) is 75.1 cm³/mol. The molecule has 2 aliphatic rings. The largest absolute Gasteiger partial charge is 0.490 e. The quantitative estimate of drug-likeness (QED) is 0.903. The van der Waals surface area contributed by atoms with Gasteiger partial charge in [-0.25, -0.2) is 0 Å². The van der Waals surface area contributed by atoms with Crippen molar-refractivity contribution >= 4 is 0 Å². The molecule has 21 heavy (non-hydrogen) atoms. The van der Waals surface area contributed by atoms with Crippen molar-refractivity contribution in [1.82, 2.24) is 0 Å². The molecule has 1 fully saturated rings. The van der Waals surface area contributed by atoms with Crippen LogP contribution in [0.15, 0.2) is 18.2 Å². The molecule has 2 heterocycles. The van der Waals surface area contributed by atoms with Gasteiger partial charge in [-0.1, -0.05) is 6.07 Å². The Morgan fingerprint density at radius 3 is 2.67 bits per heavy atom. The molecule has 0 aliphatic carbocycles. The van der Waals surface area contributed by atoms with Crippen LogP contribution in [0.3, 0.4) is 0 Å². The predicted octanol–water partition coefficient (Wildman–Crippen LogP) is 2.20. The van der Waals surface area contributed by atoms with E-state index in [1.54, 1.807) is 18.2 Å². The van der Waals surface area contributed by atoms with Gasteiger partial charge in [0, 0.05) is 13.0 Å². The van der Waals surface area contributed by atoms with Gasteiger partial charge in [0.15, 0.2) is 11.5 Å². The molecule has 112 valence electrons. The number of rotatable bonds is 2. The van der Waals surface area contributed by atoms with Crippen molar-refractivity contribution in [3.05, 3.63) is 23.8 Å². The third-order valence-electron chi connectivity index (χ3n) is 4.10. The Kier molecular flexibility index (Phi) is 4.00. The molecule has 1 aromatic rings. The Hall–Kier alpha value is -1.77. The van der Waals surface area contributed by atoms with Gasteiger partial charge < -0.3 is 19.3 Å². The van der Waals surface area contributed by atoms with Gasteiger partial charge in [0.1, 0.15) is 5.41 Å². The monoisotopic (exact) mass is 289 g/mol. The molecule has 1 aromatic carbocycles. The van der Waals surface area contributed by atoms with Gasteiger partial charge in [0.25, 0.3) is 0 Å². The number of aliphatic hydroxyl groups excluding tert-OH is 1. The molecule has 0 radical (unpaired) electrons. The molecular weight excluding hydrogens is 270 g/mol. The number of fused-ring (bicyclic) bond motifs is 1. The highest BCUT2D eigenvalue weighted by Gasteiger charge is 2.41. The summed E-state index contributed by atoms with van der Waals surface area (Å²) in [7, 11) is 0. The molecule has 5 heteroatoms. The summed E-state index contributed by atoms with van der Waals surface area (Å²) in [4.78, 5) is 0. The first-order valence-electron chi connectivity index (χ1n) is 7.32. The highest BCUT2D eigenvalue weighted by molar-refractivity contribution is 5.44. The van der Waals surface area contributed by atoms with Gasteiger partial charge in [-0.15, -0.1) is 0 Å². The molecule has 2 aliphatic heterocycles. The number of nitriles is 1. The first-order chi connectivity index (χ1) is 10.2. The van der Waals surface area contributed by atoms with Crippen molar-refractivity contribution in [2.24, 2.45) is 5.41 Å². The Balaban J connectivity index is 1.89. The van der Waals surface area contributed by atoms with Crippen molar-refractivity contribution in [2.75, 3.05) is 26.4 Å². The first kappa shape index (κ1) is 14.2. The summed E-state index contributed by atoms with van der Waals surface area (Å²) in [6.45, 7) is 2.14. The van der Waals surface area contributed by atoms with E-state index in [2.05, 4.69) is 6.07 Å². The lowest BCUT2D eigenvalue weighted by Gasteiger charge is -2.35. The number of benzene rings is 1. The van der Waals surface area contributed by atoms with E-state index in [9.17, 15) is 10.4 Å². The Bertz CT molecular complexity index is 546. The normalized spacial score (nSPS) is 26.5. The number of hydrogen-bond donors (Lipinski definition) is 1. The van der Waals surface area contributed by atoms with Crippen LogP contribution < -0.4 is 9.47 Å². The summed E-state index contributed by atoms with van der Waals surface area (Å²) < 4.78 is 16.6. The molecular formula is C16H19NO4. The van der Waals surface area contributed by atoms with E-state index in [-0.39, 0.29) is 6.61 Å². The minimum absolute atomic E-state index is 0.263. The van der Waals surface area contributed by atoms with E-state index < -0.39 is 11.5 Å². The summed E-state index contributed by atoms with van der Waals surface area (Å²) in [5, 5.41) is 20.2. The molecule has 1 N–H and O–H groups in total. The highest BCUT2D eigenvalue weighted by atomic mass is 16.5. The Labute approximate surface area is 124 Å². The standard InChI is InChI=1S/C16H19NO4/c17-10-16(5-1-6-19-11-16)15(18)12-3-4-13-14(9-12)21-8-2-7-20-13/h3-4,9,15,18H,1-2,5-8,11H2. The lowest BCUT2D eigenvalue weighted by molar-refractivity contribution is -0.0506. The molecule has 5 nitrogen and oxygen atoms in total. The van der Waals surface area contributed by atoms with Crippen LogP contribution in [0, 0.1) is 16.7 Å². The van der Waals surface area contributed by atoms with Crippen LogP contribution in [0.2, 0.25) is 0 Å². The van der Waals surface area contributed by atoms with E-state index >= 15 is 0 Å². The maximum absolute atomic E-state index is 10.7. The van der Waals surface area contributed by atoms with Gasteiger partial charge in [-0.2, -0.15) is 5.26 Å². The molecule has 0 aromatic heterocycles. The number of nitrogens with zero attached hydrogens (tertiary/aromatic N) is 1. The smallest absolute Gasteiger partial charge is 0.161 e. The van der Waals surface area contributed by atoms with E-state index in [4.69, 9.17) is 14.2 Å². The second-order valence-corrected chi connectivity index (χ2v) is 5.58. The topological polar surface area (TPSA) is 71.7 Å². The van der Waals surface area contributed by atoms with Crippen molar-refractivity contribution in [2.45, 2.75) is 25.4 Å². The zero-order chi connectivity index (χ0) is 14.7. The van der Waals surface area contributed by atoms with Crippen LogP contribution in [0.5, 0.6) is 11.5 Å². The highest BCUT2D eigenvalue weighted by Crippen LogP contribution is 2.42. The van der Waals surface area contributed by atoms with Gasteiger partial charge in [0.2, 0.25) is 0 Å². The van der Waals surface area contributed by atoms with E-state index in [0.29, 0.717) is 43.3 Å². The van der Waals surface area contributed by atoms with Crippen LogP contribution >= 0.6 is 0 Å². The lowest BCUT2D eigenvalue weighted by atomic mass is 9.76. The zero-order valence-corrected chi connectivity index (χ0v) is 11.9. The third-order valence-corrected chi connectivity index (χ3v) is 4.10. The van der Waals surface area contributed by atoms with Crippen molar-refractivity contribution < 1.29 is 19.3 Å². The van der Waals surface area contributed by atoms with Crippen LogP contribution in [-0.2, 0) is 4.74 Å². The second-order valence-electron chi connectivity index (χ2n) is 5.58. The molecule has 2 unspecified atom stereocenters. The molecule has 0 saturated carbocycles. The maximum atomic E-state index is 10.7. The minimum Gasteiger partial charge on any atom is -0.490 e. The zero-order valence-electron chi connectivity index (χ0n) is 11.9. The molecule has 2 atom stereocenters. The third kappa shape index (κ3) is 2.69. The van der Waals surface area contributed by atoms with Gasteiger partial charge in [-0.3, -0.25) is 0 Å².